The minimum Gasteiger partial charge on any atom is -0.364 e. The molecular weight excluding hydrogens is 328 g/mol. The van der Waals surface area contributed by atoms with E-state index in [0.29, 0.717) is 6.54 Å². The Hall–Kier alpha value is -2.57. The van der Waals surface area contributed by atoms with Crippen molar-refractivity contribution in [2.75, 3.05) is 25.0 Å². The van der Waals surface area contributed by atoms with Crippen LogP contribution in [-0.2, 0) is 9.53 Å². The Bertz CT molecular complexity index is 736. The maximum Gasteiger partial charge on any atom is 0.279 e. The molecule has 1 saturated heterocycles. The van der Waals surface area contributed by atoms with Gasteiger partial charge in [0.25, 0.3) is 5.91 Å². The first kappa shape index (κ1) is 18.2. The number of carbonyl (C=O) groups excluding carboxylic acids is 1. The Morgan fingerprint density at radius 2 is 1.58 bits per heavy atom. The molecule has 3 rings (SSSR count). The van der Waals surface area contributed by atoms with Gasteiger partial charge in [-0.2, -0.15) is 10.2 Å². The van der Waals surface area contributed by atoms with Gasteiger partial charge in [0.15, 0.2) is 6.54 Å². The SMILES string of the molecule is C[C@H]1C[NH+](CC(=O)Nc2ccc(N=Nc3ccccc3)cc2)C[C@H](C)O1. The van der Waals surface area contributed by atoms with E-state index < -0.39 is 0 Å². The summed E-state index contributed by atoms with van der Waals surface area (Å²) in [6.45, 7) is 6.27. The van der Waals surface area contributed by atoms with Gasteiger partial charge in [-0.05, 0) is 50.2 Å². The zero-order chi connectivity index (χ0) is 18.4. The third-order valence-electron chi connectivity index (χ3n) is 4.22. The van der Waals surface area contributed by atoms with Crippen LogP contribution in [0.25, 0.3) is 0 Å². The highest BCUT2D eigenvalue weighted by Crippen LogP contribution is 2.19. The highest BCUT2D eigenvalue weighted by molar-refractivity contribution is 5.91. The fourth-order valence-corrected chi connectivity index (χ4v) is 3.19. The van der Waals surface area contributed by atoms with Crippen molar-refractivity contribution in [3.63, 3.8) is 0 Å². The van der Waals surface area contributed by atoms with Crippen molar-refractivity contribution >= 4 is 23.0 Å². The first-order valence-corrected chi connectivity index (χ1v) is 8.94. The van der Waals surface area contributed by atoms with E-state index in [1.165, 1.54) is 4.90 Å². The summed E-state index contributed by atoms with van der Waals surface area (Å²) >= 11 is 0. The fraction of sp³-hybridized carbons (Fsp3) is 0.350. The monoisotopic (exact) mass is 353 g/mol. The van der Waals surface area contributed by atoms with Crippen LogP contribution in [-0.4, -0.2) is 37.7 Å². The molecule has 2 atom stereocenters. The van der Waals surface area contributed by atoms with E-state index in [9.17, 15) is 4.79 Å². The molecule has 0 aliphatic carbocycles. The molecule has 2 aromatic rings. The molecule has 2 N–H and O–H groups in total. The minimum atomic E-state index is 0.0139. The molecule has 1 amide bonds. The lowest BCUT2D eigenvalue weighted by Crippen LogP contribution is -3.16. The summed E-state index contributed by atoms with van der Waals surface area (Å²) in [5, 5.41) is 11.3. The van der Waals surface area contributed by atoms with E-state index in [2.05, 4.69) is 29.4 Å². The molecule has 136 valence electrons. The molecule has 1 fully saturated rings. The lowest BCUT2D eigenvalue weighted by molar-refractivity contribution is -0.907. The molecule has 0 unspecified atom stereocenters. The number of rotatable bonds is 5. The summed E-state index contributed by atoms with van der Waals surface area (Å²) in [5.74, 6) is 0.0139. The number of benzene rings is 2. The smallest absolute Gasteiger partial charge is 0.279 e. The van der Waals surface area contributed by atoms with Gasteiger partial charge in [-0.15, -0.1) is 0 Å². The van der Waals surface area contributed by atoms with Crippen molar-refractivity contribution < 1.29 is 14.4 Å². The second-order valence-corrected chi connectivity index (χ2v) is 6.72. The van der Waals surface area contributed by atoms with Crippen molar-refractivity contribution in [3.8, 4) is 0 Å². The molecule has 26 heavy (non-hydrogen) atoms. The Kier molecular flexibility index (Phi) is 6.09. The zero-order valence-corrected chi connectivity index (χ0v) is 15.2. The van der Waals surface area contributed by atoms with Gasteiger partial charge in [-0.3, -0.25) is 4.79 Å². The number of amides is 1. The van der Waals surface area contributed by atoms with Crippen molar-refractivity contribution in [1.29, 1.82) is 0 Å². The Labute approximate surface area is 153 Å². The lowest BCUT2D eigenvalue weighted by Gasteiger charge is -2.31. The molecule has 1 aliphatic heterocycles. The van der Waals surface area contributed by atoms with Crippen molar-refractivity contribution in [1.82, 2.24) is 0 Å². The van der Waals surface area contributed by atoms with E-state index >= 15 is 0 Å². The predicted molar refractivity (Wildman–Crippen MR) is 101 cm³/mol. The number of morpholine rings is 1. The maximum atomic E-state index is 12.3. The van der Waals surface area contributed by atoms with Crippen molar-refractivity contribution in [3.05, 3.63) is 54.6 Å². The number of hydrogen-bond donors (Lipinski definition) is 2. The maximum absolute atomic E-state index is 12.3. The van der Waals surface area contributed by atoms with Gasteiger partial charge in [0.05, 0.1) is 11.4 Å². The average Bonchev–Trinajstić information content (AvgIpc) is 2.61. The second-order valence-electron chi connectivity index (χ2n) is 6.72. The Balaban J connectivity index is 1.52. The third-order valence-corrected chi connectivity index (χ3v) is 4.22. The summed E-state index contributed by atoms with van der Waals surface area (Å²) in [6.07, 6.45) is 0.381. The standard InChI is InChI=1S/C20H24N4O2/c1-15-12-24(13-16(2)26-15)14-20(25)21-17-8-10-19(11-9-17)23-22-18-6-4-3-5-7-18/h3-11,15-16H,12-14H2,1-2H3,(H,21,25)/p+1/t15-,16-/m0/s1. The molecule has 6 nitrogen and oxygen atoms in total. The molecule has 0 spiro atoms. The van der Waals surface area contributed by atoms with E-state index in [1.54, 1.807) is 0 Å². The van der Waals surface area contributed by atoms with Gasteiger partial charge < -0.3 is 15.0 Å². The van der Waals surface area contributed by atoms with Crippen molar-refractivity contribution in [2.24, 2.45) is 10.2 Å². The normalized spacial score (nSPS) is 23.1. The molecule has 0 radical (unpaired) electrons. The van der Waals surface area contributed by atoms with Gasteiger partial charge in [0.1, 0.15) is 25.3 Å². The Morgan fingerprint density at radius 1 is 1.00 bits per heavy atom. The van der Waals surface area contributed by atoms with Gasteiger partial charge in [0.2, 0.25) is 0 Å². The van der Waals surface area contributed by atoms with Crippen LogP contribution in [0.15, 0.2) is 64.8 Å². The molecule has 0 bridgehead atoms. The first-order valence-electron chi connectivity index (χ1n) is 8.94. The van der Waals surface area contributed by atoms with E-state index in [4.69, 9.17) is 4.74 Å². The van der Waals surface area contributed by atoms with Crippen LogP contribution in [0.3, 0.4) is 0 Å². The number of carbonyl (C=O) groups is 1. The van der Waals surface area contributed by atoms with Crippen molar-refractivity contribution in [2.45, 2.75) is 26.1 Å². The van der Waals surface area contributed by atoms with Crippen LogP contribution < -0.4 is 10.2 Å². The Morgan fingerprint density at radius 3 is 2.19 bits per heavy atom. The molecule has 2 aromatic carbocycles. The molecule has 6 heteroatoms. The number of ether oxygens (including phenoxy) is 1. The number of hydrogen-bond acceptors (Lipinski definition) is 4. The molecule has 0 aromatic heterocycles. The van der Waals surface area contributed by atoms with Gasteiger partial charge in [-0.1, -0.05) is 18.2 Å². The molecule has 1 heterocycles. The summed E-state index contributed by atoms with van der Waals surface area (Å²) in [6, 6.07) is 16.9. The van der Waals surface area contributed by atoms with E-state index in [0.717, 1.165) is 30.2 Å². The highest BCUT2D eigenvalue weighted by atomic mass is 16.5. The first-order chi connectivity index (χ1) is 12.6. The van der Waals surface area contributed by atoms with Crippen LogP contribution in [0.4, 0.5) is 17.1 Å². The quantitative estimate of drug-likeness (QED) is 0.812. The summed E-state index contributed by atoms with van der Waals surface area (Å²) in [5.41, 5.74) is 2.32. The van der Waals surface area contributed by atoms with Gasteiger partial charge in [-0.25, -0.2) is 0 Å². The van der Waals surface area contributed by atoms with Gasteiger partial charge in [0, 0.05) is 5.69 Å². The fourth-order valence-electron chi connectivity index (χ4n) is 3.19. The minimum absolute atomic E-state index is 0.0139. The molecular formula is C20H25N4O2+. The third kappa shape index (κ3) is 5.47. The number of nitrogens with zero attached hydrogens (tertiary/aromatic N) is 2. The number of nitrogens with one attached hydrogen (secondary N) is 2. The summed E-state index contributed by atoms with van der Waals surface area (Å²) in [4.78, 5) is 13.5. The van der Waals surface area contributed by atoms with Gasteiger partial charge >= 0.3 is 0 Å². The van der Waals surface area contributed by atoms with E-state index in [1.807, 2.05) is 54.6 Å². The highest BCUT2D eigenvalue weighted by Gasteiger charge is 2.27. The molecule has 0 saturated carbocycles. The summed E-state index contributed by atoms with van der Waals surface area (Å²) < 4.78 is 5.71. The number of azo groups is 1. The summed E-state index contributed by atoms with van der Waals surface area (Å²) in [7, 11) is 0. The average molecular weight is 353 g/mol. The van der Waals surface area contributed by atoms with Crippen LogP contribution in [0, 0.1) is 0 Å². The number of anilines is 1. The van der Waals surface area contributed by atoms with Crippen LogP contribution in [0.5, 0.6) is 0 Å². The zero-order valence-electron chi connectivity index (χ0n) is 15.2. The lowest BCUT2D eigenvalue weighted by atomic mass is 10.2. The topological polar surface area (TPSA) is 67.5 Å². The van der Waals surface area contributed by atoms with E-state index in [-0.39, 0.29) is 18.1 Å². The molecule has 1 aliphatic rings. The van der Waals surface area contributed by atoms with Crippen LogP contribution >= 0.6 is 0 Å². The van der Waals surface area contributed by atoms with Crippen LogP contribution in [0.1, 0.15) is 13.8 Å². The number of quaternary nitrogens is 1. The largest absolute Gasteiger partial charge is 0.364 e. The van der Waals surface area contributed by atoms with Crippen LogP contribution in [0.2, 0.25) is 0 Å². The second kappa shape index (κ2) is 8.69. The predicted octanol–water partition coefficient (Wildman–Crippen LogP) is 2.73.